The highest BCUT2D eigenvalue weighted by Crippen LogP contribution is 2.11. The minimum Gasteiger partial charge on any atom is -0.389 e. The first-order valence-electron chi connectivity index (χ1n) is 5.11. The first-order valence-corrected chi connectivity index (χ1v) is 5.11. The second kappa shape index (κ2) is 4.57. The van der Waals surface area contributed by atoms with Crippen LogP contribution in [-0.4, -0.2) is 59.2 Å². The molecule has 14 heavy (non-hydrogen) atoms. The first-order chi connectivity index (χ1) is 6.38. The van der Waals surface area contributed by atoms with E-state index in [1.165, 1.54) is 0 Å². The quantitative estimate of drug-likeness (QED) is 0.669. The summed E-state index contributed by atoms with van der Waals surface area (Å²) in [4.78, 5) is 2.01. The smallest absolute Gasteiger partial charge is 0.0938 e. The van der Waals surface area contributed by atoms with Gasteiger partial charge in [-0.1, -0.05) is 0 Å². The Kier molecular flexibility index (Phi) is 3.89. The average molecular weight is 203 g/mol. The lowest BCUT2D eigenvalue weighted by atomic mass is 10.2. The monoisotopic (exact) mass is 203 g/mol. The third-order valence-electron chi connectivity index (χ3n) is 2.28. The third kappa shape index (κ3) is 3.92. The second-order valence-electron chi connectivity index (χ2n) is 4.86. The molecule has 1 saturated heterocycles. The Hall–Kier alpha value is -0.160. The van der Waals surface area contributed by atoms with E-state index in [2.05, 4.69) is 0 Å². The zero-order chi connectivity index (χ0) is 10.8. The van der Waals surface area contributed by atoms with Crippen LogP contribution in [0.4, 0.5) is 0 Å². The maximum Gasteiger partial charge on any atom is 0.0938 e. The minimum absolute atomic E-state index is 0.114. The molecule has 0 aromatic carbocycles. The van der Waals surface area contributed by atoms with Crippen molar-refractivity contribution in [2.24, 2.45) is 0 Å². The Labute approximate surface area is 85.5 Å². The van der Waals surface area contributed by atoms with Crippen molar-refractivity contribution in [3.8, 4) is 0 Å². The van der Waals surface area contributed by atoms with Crippen molar-refractivity contribution in [3.63, 3.8) is 0 Å². The maximum absolute atomic E-state index is 9.29. The van der Waals surface area contributed by atoms with E-state index in [1.54, 1.807) is 0 Å². The van der Waals surface area contributed by atoms with Crippen LogP contribution in [0.1, 0.15) is 20.8 Å². The Morgan fingerprint density at radius 1 is 1.21 bits per heavy atom. The standard InChI is InChI=1S/C10H21NO3/c1-10(2,3)14-5-4-11-6-8(12)9(13)7-11/h8-9,12-13H,4-7H2,1-3H3/t8-,9+. The number of β-amino-alcohol motifs (C(OH)–C–C–N with tert-alkyl or cyclic N) is 2. The van der Waals surface area contributed by atoms with Crippen LogP contribution in [-0.2, 0) is 4.74 Å². The van der Waals surface area contributed by atoms with Gasteiger partial charge in [0, 0.05) is 19.6 Å². The second-order valence-corrected chi connectivity index (χ2v) is 4.86. The van der Waals surface area contributed by atoms with Gasteiger partial charge in [0.05, 0.1) is 24.4 Å². The molecule has 0 unspecified atom stereocenters. The average Bonchev–Trinajstić information content (AvgIpc) is 2.28. The Bertz CT molecular complexity index is 169. The number of aliphatic hydroxyl groups excluding tert-OH is 2. The third-order valence-corrected chi connectivity index (χ3v) is 2.28. The molecule has 1 heterocycles. The molecule has 0 bridgehead atoms. The summed E-state index contributed by atoms with van der Waals surface area (Å²) >= 11 is 0. The molecule has 2 N–H and O–H groups in total. The molecule has 4 heteroatoms. The lowest BCUT2D eigenvalue weighted by molar-refractivity contribution is -0.0120. The van der Waals surface area contributed by atoms with Crippen LogP contribution in [0.3, 0.4) is 0 Å². The summed E-state index contributed by atoms with van der Waals surface area (Å²) in [5, 5.41) is 18.6. The summed E-state index contributed by atoms with van der Waals surface area (Å²) in [5.74, 6) is 0. The molecular formula is C10H21NO3. The molecule has 0 aromatic heterocycles. The number of hydrogen-bond donors (Lipinski definition) is 2. The van der Waals surface area contributed by atoms with Crippen molar-refractivity contribution in [2.75, 3.05) is 26.2 Å². The normalized spacial score (nSPS) is 29.8. The van der Waals surface area contributed by atoms with Gasteiger partial charge in [-0.3, -0.25) is 4.90 Å². The molecular weight excluding hydrogens is 182 g/mol. The molecule has 1 rings (SSSR count). The lowest BCUT2D eigenvalue weighted by Gasteiger charge is -2.22. The lowest BCUT2D eigenvalue weighted by Crippen LogP contribution is -2.30. The highest BCUT2D eigenvalue weighted by molar-refractivity contribution is 4.82. The van der Waals surface area contributed by atoms with Crippen LogP contribution < -0.4 is 0 Å². The van der Waals surface area contributed by atoms with E-state index in [9.17, 15) is 10.2 Å². The molecule has 84 valence electrons. The molecule has 0 spiro atoms. The van der Waals surface area contributed by atoms with Crippen LogP contribution >= 0.6 is 0 Å². The zero-order valence-electron chi connectivity index (χ0n) is 9.23. The fourth-order valence-electron chi connectivity index (χ4n) is 1.51. The van der Waals surface area contributed by atoms with Gasteiger partial charge >= 0.3 is 0 Å². The predicted octanol–water partition coefficient (Wildman–Crippen LogP) is -0.161. The fraction of sp³-hybridized carbons (Fsp3) is 1.00. The van der Waals surface area contributed by atoms with Crippen molar-refractivity contribution in [2.45, 2.75) is 38.6 Å². The molecule has 1 fully saturated rings. The van der Waals surface area contributed by atoms with Gasteiger partial charge in [0.15, 0.2) is 0 Å². The summed E-state index contributed by atoms with van der Waals surface area (Å²) in [7, 11) is 0. The summed E-state index contributed by atoms with van der Waals surface area (Å²) in [6.07, 6.45) is -1.19. The molecule has 2 atom stereocenters. The van der Waals surface area contributed by atoms with E-state index in [4.69, 9.17) is 4.74 Å². The summed E-state index contributed by atoms with van der Waals surface area (Å²) < 4.78 is 5.56. The fourth-order valence-corrected chi connectivity index (χ4v) is 1.51. The number of ether oxygens (including phenoxy) is 1. The Morgan fingerprint density at radius 2 is 1.71 bits per heavy atom. The van der Waals surface area contributed by atoms with Crippen LogP contribution in [0.25, 0.3) is 0 Å². The Balaban J connectivity index is 2.15. The van der Waals surface area contributed by atoms with E-state index < -0.39 is 12.2 Å². The van der Waals surface area contributed by atoms with E-state index in [0.29, 0.717) is 19.7 Å². The highest BCUT2D eigenvalue weighted by atomic mass is 16.5. The molecule has 1 aliphatic rings. The maximum atomic E-state index is 9.29. The largest absolute Gasteiger partial charge is 0.389 e. The van der Waals surface area contributed by atoms with Gasteiger partial charge in [-0.15, -0.1) is 0 Å². The van der Waals surface area contributed by atoms with Gasteiger partial charge in [0.2, 0.25) is 0 Å². The number of nitrogens with zero attached hydrogens (tertiary/aromatic N) is 1. The SMILES string of the molecule is CC(C)(C)OCCN1C[C@@H](O)[C@@H](O)C1. The van der Waals surface area contributed by atoms with Crippen molar-refractivity contribution in [1.29, 1.82) is 0 Å². The van der Waals surface area contributed by atoms with Gasteiger partial charge in [-0.05, 0) is 20.8 Å². The predicted molar refractivity (Wildman–Crippen MR) is 54.2 cm³/mol. The highest BCUT2D eigenvalue weighted by Gasteiger charge is 2.29. The van der Waals surface area contributed by atoms with Crippen LogP contribution in [0.2, 0.25) is 0 Å². The van der Waals surface area contributed by atoms with Gasteiger partial charge in [0.1, 0.15) is 0 Å². The summed E-state index contributed by atoms with van der Waals surface area (Å²) in [6.45, 7) is 8.56. The topological polar surface area (TPSA) is 52.9 Å². The minimum atomic E-state index is -0.593. The van der Waals surface area contributed by atoms with Crippen LogP contribution in [0, 0.1) is 0 Å². The van der Waals surface area contributed by atoms with E-state index >= 15 is 0 Å². The molecule has 0 radical (unpaired) electrons. The van der Waals surface area contributed by atoms with Gasteiger partial charge in [0.25, 0.3) is 0 Å². The number of likely N-dealkylation sites (tertiary alicyclic amines) is 1. The number of rotatable bonds is 3. The van der Waals surface area contributed by atoms with E-state index in [1.807, 2.05) is 25.7 Å². The van der Waals surface area contributed by atoms with Crippen molar-refractivity contribution in [3.05, 3.63) is 0 Å². The molecule has 0 aliphatic carbocycles. The molecule has 0 saturated carbocycles. The van der Waals surface area contributed by atoms with E-state index in [0.717, 1.165) is 6.54 Å². The summed E-state index contributed by atoms with van der Waals surface area (Å²) in [6, 6.07) is 0. The van der Waals surface area contributed by atoms with Crippen molar-refractivity contribution < 1.29 is 14.9 Å². The van der Waals surface area contributed by atoms with Gasteiger partial charge in [-0.2, -0.15) is 0 Å². The molecule has 0 aromatic rings. The van der Waals surface area contributed by atoms with Crippen molar-refractivity contribution in [1.82, 2.24) is 4.90 Å². The Morgan fingerprint density at radius 3 is 2.14 bits per heavy atom. The number of hydrogen-bond acceptors (Lipinski definition) is 4. The molecule has 1 aliphatic heterocycles. The van der Waals surface area contributed by atoms with Crippen LogP contribution in [0.15, 0.2) is 0 Å². The zero-order valence-corrected chi connectivity index (χ0v) is 9.23. The molecule has 0 amide bonds. The first kappa shape index (κ1) is 11.9. The van der Waals surface area contributed by atoms with Crippen LogP contribution in [0.5, 0.6) is 0 Å². The summed E-state index contributed by atoms with van der Waals surface area (Å²) in [5.41, 5.74) is -0.114. The number of aliphatic hydroxyl groups is 2. The van der Waals surface area contributed by atoms with Gasteiger partial charge in [-0.25, -0.2) is 0 Å². The van der Waals surface area contributed by atoms with Gasteiger partial charge < -0.3 is 14.9 Å². The van der Waals surface area contributed by atoms with Crippen molar-refractivity contribution >= 4 is 0 Å². The molecule has 4 nitrogen and oxygen atoms in total. The van der Waals surface area contributed by atoms with E-state index in [-0.39, 0.29) is 5.60 Å².